The fourth-order valence-electron chi connectivity index (χ4n) is 6.69. The molecule has 46 heavy (non-hydrogen) atoms. The predicted octanol–water partition coefficient (Wildman–Crippen LogP) is 5.27. The maximum absolute atomic E-state index is 13.5. The molecule has 1 aliphatic carbocycles. The van der Waals surface area contributed by atoms with Crippen molar-refractivity contribution < 1.29 is 18.7 Å². The monoisotopic (exact) mass is 653 g/mol. The fraction of sp³-hybridized carbons (Fsp3) is 0.314. The lowest BCUT2D eigenvalue weighted by Gasteiger charge is -2.46. The van der Waals surface area contributed by atoms with Crippen molar-refractivity contribution in [1.29, 1.82) is 0 Å². The third-order valence-electron chi connectivity index (χ3n) is 8.78. The Hall–Kier alpha value is -4.16. The van der Waals surface area contributed by atoms with Crippen molar-refractivity contribution in [3.63, 3.8) is 0 Å². The highest BCUT2D eigenvalue weighted by atomic mass is 32.1. The molecule has 0 radical (unpaired) electrons. The van der Waals surface area contributed by atoms with Crippen LogP contribution in [0.3, 0.4) is 0 Å². The number of ether oxygens (including phenoxy) is 2. The van der Waals surface area contributed by atoms with Gasteiger partial charge in [-0.25, -0.2) is 9.97 Å². The summed E-state index contributed by atoms with van der Waals surface area (Å²) in [5, 5.41) is 6.27. The molecule has 2 aromatic heterocycles. The van der Waals surface area contributed by atoms with E-state index in [9.17, 15) is 4.79 Å². The van der Waals surface area contributed by atoms with Gasteiger partial charge >= 0.3 is 5.97 Å². The molecular formula is C35H39N5O4SSi. The maximum atomic E-state index is 13.5. The van der Waals surface area contributed by atoms with Crippen LogP contribution in [0.2, 0.25) is 5.04 Å². The number of carbonyl (C=O) groups excluding carboxylic acids is 1. The largest absolute Gasteiger partial charge is 0.469 e. The maximum Gasteiger partial charge on any atom is 0.311 e. The average Bonchev–Trinajstić information content (AvgIpc) is 3.64. The summed E-state index contributed by atoms with van der Waals surface area (Å²) in [5.74, 6) is -0.292. The number of rotatable bonds is 9. The molecule has 9 nitrogen and oxygen atoms in total. The zero-order valence-corrected chi connectivity index (χ0v) is 28.5. The van der Waals surface area contributed by atoms with Crippen molar-refractivity contribution >= 4 is 58.0 Å². The molecule has 11 heteroatoms. The molecule has 0 spiro atoms. The number of thiazole rings is 1. The molecule has 3 N–H and O–H groups in total. The number of anilines is 2. The van der Waals surface area contributed by atoms with Crippen molar-refractivity contribution in [2.24, 2.45) is 5.92 Å². The topological polar surface area (TPSA) is 121 Å². The molecule has 5 aromatic rings. The number of hydrogen-bond donors (Lipinski definition) is 2. The van der Waals surface area contributed by atoms with E-state index in [1.165, 1.54) is 7.11 Å². The summed E-state index contributed by atoms with van der Waals surface area (Å²) in [6.07, 6.45) is 0.946. The Labute approximate surface area is 274 Å². The number of esters is 1. The Bertz CT molecular complexity index is 1740. The number of nitrogens with two attached hydrogens (primary N) is 1. The Morgan fingerprint density at radius 2 is 1.54 bits per heavy atom. The molecule has 0 aliphatic heterocycles. The molecule has 4 atom stereocenters. The molecule has 0 saturated heterocycles. The third kappa shape index (κ3) is 5.79. The van der Waals surface area contributed by atoms with Crippen LogP contribution in [0.1, 0.15) is 27.2 Å². The van der Waals surface area contributed by atoms with Crippen LogP contribution in [0.5, 0.6) is 0 Å². The summed E-state index contributed by atoms with van der Waals surface area (Å²) in [4.78, 5) is 27.2. The summed E-state index contributed by atoms with van der Waals surface area (Å²) in [5.41, 5.74) is 7.72. The molecule has 0 amide bonds. The van der Waals surface area contributed by atoms with E-state index in [0.717, 1.165) is 31.2 Å². The van der Waals surface area contributed by atoms with Gasteiger partial charge in [0, 0.05) is 13.3 Å². The van der Waals surface area contributed by atoms with Crippen LogP contribution in [0.25, 0.3) is 20.8 Å². The van der Waals surface area contributed by atoms with E-state index >= 15 is 0 Å². The van der Waals surface area contributed by atoms with Crippen LogP contribution in [0, 0.1) is 5.92 Å². The minimum atomic E-state index is -3.06. The van der Waals surface area contributed by atoms with Gasteiger partial charge in [-0.05, 0) is 34.0 Å². The first-order chi connectivity index (χ1) is 22.2. The van der Waals surface area contributed by atoms with Crippen LogP contribution in [0.15, 0.2) is 91.1 Å². The van der Waals surface area contributed by atoms with Gasteiger partial charge in [-0.1, -0.05) is 93.6 Å². The molecule has 1 saturated carbocycles. The van der Waals surface area contributed by atoms with Gasteiger partial charge in [0.2, 0.25) is 5.95 Å². The number of nitrogens with zero attached hydrogens (tertiary/aromatic N) is 3. The minimum absolute atomic E-state index is 0.129. The van der Waals surface area contributed by atoms with Gasteiger partial charge in [0.25, 0.3) is 8.32 Å². The van der Waals surface area contributed by atoms with Crippen molar-refractivity contribution in [3.05, 3.63) is 91.1 Å². The van der Waals surface area contributed by atoms with Gasteiger partial charge in [-0.3, -0.25) is 4.79 Å². The van der Waals surface area contributed by atoms with E-state index in [2.05, 4.69) is 60.3 Å². The standard InChI is InChI=1S/C35H39N5O4SSi/c1-35(2,3)46(22-14-8-6-9-15-22,23-16-10-7-11-17-23)44-29-24(33(41)43-5)20-27(30(29)42-4)38-31-25(21-37-34(36)40-31)32-39-26-18-12-13-19-28(26)45-32/h6-19,21,24,27,29-30H,20H2,1-5H3,(H3,36,37,38,40). The van der Waals surface area contributed by atoms with E-state index in [0.29, 0.717) is 12.2 Å². The average molecular weight is 654 g/mol. The number of carbonyl (C=O) groups is 1. The zero-order chi connectivity index (χ0) is 32.5. The Morgan fingerprint density at radius 3 is 2.13 bits per heavy atom. The Kier molecular flexibility index (Phi) is 8.93. The summed E-state index contributed by atoms with van der Waals surface area (Å²) in [7, 11) is 0.0186. The first kappa shape index (κ1) is 31.8. The Balaban J connectivity index is 1.43. The zero-order valence-electron chi connectivity index (χ0n) is 26.6. The lowest BCUT2D eigenvalue weighted by atomic mass is 10.1. The Morgan fingerprint density at radius 1 is 0.913 bits per heavy atom. The summed E-state index contributed by atoms with van der Waals surface area (Å²) in [6, 6.07) is 28.4. The normalized spacial score (nSPS) is 20.1. The second kappa shape index (κ2) is 12.9. The molecular weight excluding hydrogens is 615 g/mol. The fourth-order valence-corrected chi connectivity index (χ4v) is 12.4. The predicted molar refractivity (Wildman–Crippen MR) is 186 cm³/mol. The number of nitrogens with one attached hydrogen (secondary N) is 1. The van der Waals surface area contributed by atoms with Gasteiger partial charge in [-0.2, -0.15) is 4.98 Å². The third-order valence-corrected chi connectivity index (χ3v) is 14.9. The number of benzene rings is 3. The van der Waals surface area contributed by atoms with Gasteiger partial charge in [0.15, 0.2) is 0 Å². The molecule has 1 aliphatic rings. The van der Waals surface area contributed by atoms with Gasteiger partial charge < -0.3 is 25.0 Å². The number of aromatic nitrogens is 3. The first-order valence-electron chi connectivity index (χ1n) is 15.3. The van der Waals surface area contributed by atoms with Crippen molar-refractivity contribution in [3.8, 4) is 10.6 Å². The molecule has 238 valence electrons. The summed E-state index contributed by atoms with van der Waals surface area (Å²) < 4.78 is 20.2. The molecule has 0 bridgehead atoms. The van der Waals surface area contributed by atoms with E-state index in [1.807, 2.05) is 60.7 Å². The molecule has 6 rings (SSSR count). The second-order valence-electron chi connectivity index (χ2n) is 12.5. The lowest BCUT2D eigenvalue weighted by Crippen LogP contribution is -2.69. The van der Waals surface area contributed by atoms with Crippen LogP contribution < -0.4 is 21.4 Å². The SMILES string of the molecule is COC(=O)C1CC(Nc2nc(N)ncc2-c2nc3ccccc3s2)C(OC)C1O[Si](c1ccccc1)(c1ccccc1)C(C)(C)C. The van der Waals surface area contributed by atoms with Crippen LogP contribution in [-0.2, 0) is 18.7 Å². The summed E-state index contributed by atoms with van der Waals surface area (Å²) in [6.45, 7) is 6.65. The molecule has 3 aromatic carbocycles. The minimum Gasteiger partial charge on any atom is -0.469 e. The summed E-state index contributed by atoms with van der Waals surface area (Å²) >= 11 is 1.55. The number of fused-ring (bicyclic) bond motifs is 1. The van der Waals surface area contributed by atoms with Crippen LogP contribution in [-0.4, -0.2) is 61.7 Å². The van der Waals surface area contributed by atoms with Gasteiger partial charge in [0.05, 0.1) is 41.0 Å². The first-order valence-corrected chi connectivity index (χ1v) is 18.0. The quantitative estimate of drug-likeness (QED) is 0.162. The van der Waals surface area contributed by atoms with Gasteiger partial charge in [-0.15, -0.1) is 11.3 Å². The van der Waals surface area contributed by atoms with E-state index in [-0.39, 0.29) is 23.0 Å². The smallest absolute Gasteiger partial charge is 0.311 e. The van der Waals surface area contributed by atoms with Crippen molar-refractivity contribution in [2.45, 2.75) is 50.5 Å². The van der Waals surface area contributed by atoms with Gasteiger partial charge in [0.1, 0.15) is 16.9 Å². The van der Waals surface area contributed by atoms with Crippen molar-refractivity contribution in [1.82, 2.24) is 15.0 Å². The van der Waals surface area contributed by atoms with Crippen LogP contribution >= 0.6 is 11.3 Å². The molecule has 1 fully saturated rings. The second-order valence-corrected chi connectivity index (χ2v) is 17.8. The molecule has 2 heterocycles. The highest BCUT2D eigenvalue weighted by Crippen LogP contribution is 2.43. The van der Waals surface area contributed by atoms with Crippen LogP contribution in [0.4, 0.5) is 11.8 Å². The van der Waals surface area contributed by atoms with E-state index < -0.39 is 26.4 Å². The van der Waals surface area contributed by atoms with E-state index in [4.69, 9.17) is 24.6 Å². The van der Waals surface area contributed by atoms with Crippen molar-refractivity contribution in [2.75, 3.05) is 25.3 Å². The number of nitrogen functional groups attached to an aromatic ring is 1. The highest BCUT2D eigenvalue weighted by Gasteiger charge is 2.57. The highest BCUT2D eigenvalue weighted by molar-refractivity contribution is 7.21. The molecule has 4 unspecified atom stereocenters. The number of methoxy groups -OCH3 is 2. The van der Waals surface area contributed by atoms with E-state index in [1.54, 1.807) is 24.6 Å². The number of para-hydroxylation sites is 1. The lowest BCUT2D eigenvalue weighted by molar-refractivity contribution is -0.149. The number of hydrogen-bond acceptors (Lipinski definition) is 10.